The van der Waals surface area contributed by atoms with Gasteiger partial charge >= 0.3 is 0 Å². The predicted molar refractivity (Wildman–Crippen MR) is 129 cm³/mol. The van der Waals surface area contributed by atoms with E-state index in [1.807, 2.05) is 48.6 Å². The third kappa shape index (κ3) is 5.17. The lowest BCUT2D eigenvalue weighted by molar-refractivity contribution is 0.0537. The number of allylic oxidation sites excluding steroid dienone is 3. The van der Waals surface area contributed by atoms with Gasteiger partial charge in [0.1, 0.15) is 5.82 Å². The van der Waals surface area contributed by atoms with Gasteiger partial charge in [-0.15, -0.1) is 0 Å². The molecular weight excluding hydrogens is 472 g/mol. The summed E-state index contributed by atoms with van der Waals surface area (Å²) in [5.74, 6) is 0.783. The zero-order chi connectivity index (χ0) is 22.3. The number of rotatable bonds is 7. The number of hydrogen-bond acceptors (Lipinski definition) is 7. The van der Waals surface area contributed by atoms with Crippen LogP contribution in [0.4, 0.5) is 5.82 Å². The molecule has 0 atom stereocenters. The van der Waals surface area contributed by atoms with Crippen molar-refractivity contribution in [2.24, 2.45) is 5.16 Å². The van der Waals surface area contributed by atoms with Crippen molar-refractivity contribution in [3.8, 4) is 11.3 Å². The Morgan fingerprint density at radius 3 is 2.78 bits per heavy atom. The molecule has 8 nitrogen and oxygen atoms in total. The molecule has 1 aromatic carbocycles. The van der Waals surface area contributed by atoms with Crippen LogP contribution < -0.4 is 5.32 Å². The van der Waals surface area contributed by atoms with Crippen molar-refractivity contribution in [2.45, 2.75) is 6.92 Å². The third-order valence-corrected chi connectivity index (χ3v) is 5.80. The van der Waals surface area contributed by atoms with Gasteiger partial charge in [-0.25, -0.2) is 4.98 Å². The van der Waals surface area contributed by atoms with Gasteiger partial charge in [0, 0.05) is 37.0 Å². The fraction of sp³-hybridized carbons (Fsp3) is 0.261. The van der Waals surface area contributed by atoms with Crippen LogP contribution in [0.1, 0.15) is 6.92 Å². The second kappa shape index (κ2) is 10.4. The molecule has 1 fully saturated rings. The first-order chi connectivity index (χ1) is 15.7. The van der Waals surface area contributed by atoms with Crippen molar-refractivity contribution >= 4 is 33.6 Å². The summed E-state index contributed by atoms with van der Waals surface area (Å²) in [6.45, 7) is 5.75. The van der Waals surface area contributed by atoms with Gasteiger partial charge in [0.25, 0.3) is 0 Å². The molecule has 0 radical (unpaired) electrons. The Kier molecular flexibility index (Phi) is 7.18. The second-order valence-corrected chi connectivity index (χ2v) is 8.22. The molecule has 0 unspecified atom stereocenters. The molecule has 32 heavy (non-hydrogen) atoms. The maximum atomic E-state index is 9.14. The molecule has 1 saturated heterocycles. The first-order valence-electron chi connectivity index (χ1n) is 10.4. The number of hydrogen-bond donors (Lipinski definition) is 2. The highest BCUT2D eigenvalue weighted by Crippen LogP contribution is 2.25. The SMILES string of the molecule is C\C(=C/C=C(\C=N\O)CNc1cc(-c2ccccc2)nc2c(Br)cnn12)N1CCOCC1. The number of fused-ring (bicyclic) bond motifs is 1. The predicted octanol–water partition coefficient (Wildman–Crippen LogP) is 4.19. The number of halogens is 1. The molecule has 2 aromatic heterocycles. The van der Waals surface area contributed by atoms with Crippen molar-refractivity contribution in [1.29, 1.82) is 0 Å². The first-order valence-corrected chi connectivity index (χ1v) is 11.2. The summed E-state index contributed by atoms with van der Waals surface area (Å²) in [5.41, 5.74) is 4.54. The lowest BCUT2D eigenvalue weighted by atomic mass is 10.1. The molecule has 1 aliphatic heterocycles. The average Bonchev–Trinajstić information content (AvgIpc) is 3.22. The minimum Gasteiger partial charge on any atom is -0.411 e. The highest BCUT2D eigenvalue weighted by molar-refractivity contribution is 9.10. The molecule has 0 amide bonds. The minimum absolute atomic E-state index is 0.446. The van der Waals surface area contributed by atoms with E-state index in [0.29, 0.717) is 6.54 Å². The van der Waals surface area contributed by atoms with E-state index < -0.39 is 0 Å². The van der Waals surface area contributed by atoms with Crippen LogP contribution >= 0.6 is 15.9 Å². The van der Waals surface area contributed by atoms with Crippen molar-refractivity contribution in [3.05, 3.63) is 70.5 Å². The van der Waals surface area contributed by atoms with E-state index in [0.717, 1.165) is 64.8 Å². The van der Waals surface area contributed by atoms with E-state index >= 15 is 0 Å². The van der Waals surface area contributed by atoms with Crippen LogP contribution in [0.3, 0.4) is 0 Å². The van der Waals surface area contributed by atoms with E-state index in [9.17, 15) is 0 Å². The molecule has 0 bridgehead atoms. The maximum Gasteiger partial charge on any atom is 0.172 e. The number of ether oxygens (including phenoxy) is 1. The molecule has 3 heterocycles. The van der Waals surface area contributed by atoms with Gasteiger partial charge in [-0.05, 0) is 34.5 Å². The Labute approximate surface area is 195 Å². The van der Waals surface area contributed by atoms with E-state index in [4.69, 9.17) is 14.9 Å². The number of benzene rings is 1. The number of anilines is 1. The lowest BCUT2D eigenvalue weighted by Crippen LogP contribution is -2.34. The molecule has 0 saturated carbocycles. The van der Waals surface area contributed by atoms with Crippen molar-refractivity contribution < 1.29 is 9.94 Å². The first kappa shape index (κ1) is 22.0. The topological polar surface area (TPSA) is 87.3 Å². The number of morpholine rings is 1. The van der Waals surface area contributed by atoms with Gasteiger partial charge < -0.3 is 20.2 Å². The molecular formula is C23H25BrN6O2. The molecule has 4 rings (SSSR count). The van der Waals surface area contributed by atoms with Gasteiger partial charge in [-0.3, -0.25) is 0 Å². The molecule has 9 heteroatoms. The van der Waals surface area contributed by atoms with Crippen molar-refractivity contribution in [3.63, 3.8) is 0 Å². The molecule has 3 aromatic rings. The number of nitrogens with one attached hydrogen (secondary N) is 1. The van der Waals surface area contributed by atoms with E-state index in [1.165, 1.54) is 6.21 Å². The zero-order valence-corrected chi connectivity index (χ0v) is 19.4. The highest BCUT2D eigenvalue weighted by atomic mass is 79.9. The molecule has 1 aliphatic rings. The highest BCUT2D eigenvalue weighted by Gasteiger charge is 2.12. The van der Waals surface area contributed by atoms with Crippen LogP contribution in [0.2, 0.25) is 0 Å². The largest absolute Gasteiger partial charge is 0.411 e. The van der Waals surface area contributed by atoms with Crippen LogP contribution in [-0.2, 0) is 4.74 Å². The fourth-order valence-corrected chi connectivity index (χ4v) is 3.83. The molecule has 166 valence electrons. The van der Waals surface area contributed by atoms with Gasteiger partial charge in [-0.1, -0.05) is 41.6 Å². The summed E-state index contributed by atoms with van der Waals surface area (Å²) in [5, 5.41) is 20.2. The summed E-state index contributed by atoms with van der Waals surface area (Å²) < 4.78 is 7.98. The summed E-state index contributed by atoms with van der Waals surface area (Å²) >= 11 is 3.53. The van der Waals surface area contributed by atoms with Crippen molar-refractivity contribution in [2.75, 3.05) is 38.2 Å². The monoisotopic (exact) mass is 496 g/mol. The number of oxime groups is 1. The van der Waals surface area contributed by atoms with E-state index in [1.54, 1.807) is 10.7 Å². The summed E-state index contributed by atoms with van der Waals surface area (Å²) in [7, 11) is 0. The van der Waals surface area contributed by atoms with Gasteiger partial charge in [0.2, 0.25) is 0 Å². The number of nitrogens with zero attached hydrogens (tertiary/aromatic N) is 5. The van der Waals surface area contributed by atoms with Gasteiger partial charge in [0.15, 0.2) is 5.65 Å². The Morgan fingerprint density at radius 2 is 2.03 bits per heavy atom. The average molecular weight is 497 g/mol. The second-order valence-electron chi connectivity index (χ2n) is 7.37. The summed E-state index contributed by atoms with van der Waals surface area (Å²) in [6.07, 6.45) is 7.15. The normalized spacial score (nSPS) is 15.6. The summed E-state index contributed by atoms with van der Waals surface area (Å²) in [6, 6.07) is 12.0. The van der Waals surface area contributed by atoms with E-state index in [-0.39, 0.29) is 0 Å². The van der Waals surface area contributed by atoms with Gasteiger partial charge in [0.05, 0.1) is 35.8 Å². The Morgan fingerprint density at radius 1 is 1.25 bits per heavy atom. The Hall–Kier alpha value is -3.17. The quantitative estimate of drug-likeness (QED) is 0.220. The third-order valence-electron chi connectivity index (χ3n) is 5.24. The van der Waals surface area contributed by atoms with Crippen LogP contribution in [-0.4, -0.2) is 63.8 Å². The molecule has 0 spiro atoms. The van der Waals surface area contributed by atoms with Crippen LogP contribution in [0, 0.1) is 0 Å². The zero-order valence-electron chi connectivity index (χ0n) is 17.8. The standard InChI is InChI=1S/C23H25BrN6O2/c1-17(29-9-11-32-12-10-29)7-8-18(15-27-31)14-25-22-13-21(19-5-3-2-4-6-19)28-23-20(24)16-26-30(22)23/h2-8,13,15-16,25,31H,9-12,14H2,1H3/b17-7+,18-8-,27-15+. The fourth-order valence-electron chi connectivity index (χ4n) is 3.48. The number of aromatic nitrogens is 3. The summed E-state index contributed by atoms with van der Waals surface area (Å²) in [4.78, 5) is 7.03. The van der Waals surface area contributed by atoms with Crippen LogP contribution in [0.5, 0.6) is 0 Å². The lowest BCUT2D eigenvalue weighted by Gasteiger charge is -2.29. The molecule has 2 N–H and O–H groups in total. The van der Waals surface area contributed by atoms with Gasteiger partial charge in [-0.2, -0.15) is 9.61 Å². The van der Waals surface area contributed by atoms with Crippen molar-refractivity contribution in [1.82, 2.24) is 19.5 Å². The van der Waals surface area contributed by atoms with E-state index in [2.05, 4.69) is 43.3 Å². The smallest absolute Gasteiger partial charge is 0.172 e. The van der Waals surface area contributed by atoms with Crippen LogP contribution in [0.15, 0.2) is 75.6 Å². The minimum atomic E-state index is 0.446. The Balaban J connectivity index is 1.58. The van der Waals surface area contributed by atoms with Crippen LogP contribution in [0.25, 0.3) is 16.9 Å². The molecule has 0 aliphatic carbocycles. The maximum absolute atomic E-state index is 9.14. The Bertz CT molecular complexity index is 1150.